The van der Waals surface area contributed by atoms with Crippen LogP contribution in [-0.2, 0) is 4.79 Å². The van der Waals surface area contributed by atoms with Gasteiger partial charge in [0.05, 0.1) is 11.5 Å². The van der Waals surface area contributed by atoms with Gasteiger partial charge < -0.3 is 5.11 Å². The maximum Gasteiger partial charge on any atom is 0.156 e. The van der Waals surface area contributed by atoms with Crippen molar-refractivity contribution in [3.8, 4) is 0 Å². The zero-order valence-corrected chi connectivity index (χ0v) is 14.6. The van der Waals surface area contributed by atoms with Crippen molar-refractivity contribution in [2.24, 2.45) is 34.5 Å². The highest BCUT2D eigenvalue weighted by Crippen LogP contribution is 2.65. The molecule has 0 bridgehead atoms. The maximum atomic E-state index is 12.6. The Hall–Kier alpha value is -0.0800. The van der Waals surface area contributed by atoms with Crippen LogP contribution in [0.5, 0.6) is 0 Å². The van der Waals surface area contributed by atoms with E-state index in [9.17, 15) is 9.90 Å². The molecule has 4 aliphatic rings. The summed E-state index contributed by atoms with van der Waals surface area (Å²) >= 11 is 6.37. The number of carbonyl (C=O) groups is 1. The second-order valence-corrected chi connectivity index (χ2v) is 9.64. The van der Waals surface area contributed by atoms with E-state index < -0.39 is 0 Å². The molecule has 4 aliphatic carbocycles. The van der Waals surface area contributed by atoms with Crippen LogP contribution in [0.15, 0.2) is 0 Å². The largest absolute Gasteiger partial charge is 0.393 e. The Morgan fingerprint density at radius 1 is 1.05 bits per heavy atom. The van der Waals surface area contributed by atoms with Gasteiger partial charge in [-0.3, -0.25) is 4.79 Å². The molecule has 0 heterocycles. The van der Waals surface area contributed by atoms with Crippen LogP contribution in [0.4, 0.5) is 0 Å². The Morgan fingerprint density at radius 2 is 1.82 bits per heavy atom. The van der Waals surface area contributed by atoms with Crippen molar-refractivity contribution in [1.29, 1.82) is 0 Å². The highest BCUT2D eigenvalue weighted by Gasteiger charge is 2.62. The third-order valence-electron chi connectivity index (χ3n) is 8.34. The summed E-state index contributed by atoms with van der Waals surface area (Å²) in [4.78, 5) is 12.6. The van der Waals surface area contributed by atoms with E-state index in [2.05, 4.69) is 13.8 Å². The molecule has 2 nitrogen and oxygen atoms in total. The number of ketones is 1. The Bertz CT molecular complexity index is 492. The van der Waals surface area contributed by atoms with E-state index in [1.807, 2.05) is 0 Å². The van der Waals surface area contributed by atoms with Gasteiger partial charge in [-0.1, -0.05) is 13.8 Å². The lowest BCUT2D eigenvalue weighted by atomic mass is 9.45. The molecule has 0 aromatic heterocycles. The number of Topliss-reactive ketones (excluding diaryl/α,β-unsaturated/α-hetero) is 1. The van der Waals surface area contributed by atoms with Gasteiger partial charge in [-0.2, -0.15) is 0 Å². The molecule has 124 valence electrons. The molecule has 1 N–H and O–H groups in total. The van der Waals surface area contributed by atoms with Crippen molar-refractivity contribution in [2.75, 3.05) is 0 Å². The van der Waals surface area contributed by atoms with Gasteiger partial charge in [0, 0.05) is 5.41 Å². The summed E-state index contributed by atoms with van der Waals surface area (Å²) in [5.41, 5.74) is 0.238. The van der Waals surface area contributed by atoms with Crippen molar-refractivity contribution in [3.63, 3.8) is 0 Å². The minimum Gasteiger partial charge on any atom is -0.393 e. The summed E-state index contributed by atoms with van der Waals surface area (Å²) in [6.07, 6.45) is 8.67. The molecule has 4 fully saturated rings. The topological polar surface area (TPSA) is 37.3 Å². The smallest absolute Gasteiger partial charge is 0.156 e. The first-order chi connectivity index (χ1) is 10.4. The molecule has 3 heteroatoms. The summed E-state index contributed by atoms with van der Waals surface area (Å²) < 4.78 is 0. The van der Waals surface area contributed by atoms with E-state index in [4.69, 9.17) is 11.6 Å². The summed E-state index contributed by atoms with van der Waals surface area (Å²) in [6.45, 7) is 4.68. The fourth-order valence-corrected chi connectivity index (χ4v) is 7.43. The van der Waals surface area contributed by atoms with Gasteiger partial charge >= 0.3 is 0 Å². The lowest BCUT2D eigenvalue weighted by Gasteiger charge is -2.60. The minimum absolute atomic E-state index is 0.0799. The zero-order chi connectivity index (χ0) is 15.7. The summed E-state index contributed by atoms with van der Waals surface area (Å²) in [6, 6.07) is 0. The summed E-state index contributed by atoms with van der Waals surface area (Å²) in [5, 5.41) is 9.81. The lowest BCUT2D eigenvalue weighted by molar-refractivity contribution is -0.142. The average Bonchev–Trinajstić information content (AvgIpc) is 2.72. The maximum absolute atomic E-state index is 12.6. The average molecular weight is 325 g/mol. The molecule has 4 rings (SSSR count). The van der Waals surface area contributed by atoms with E-state index >= 15 is 0 Å². The fourth-order valence-electron chi connectivity index (χ4n) is 6.98. The van der Waals surface area contributed by atoms with E-state index in [0.29, 0.717) is 29.0 Å². The highest BCUT2D eigenvalue weighted by molar-refractivity contribution is 6.32. The van der Waals surface area contributed by atoms with Gasteiger partial charge in [-0.05, 0) is 80.5 Å². The van der Waals surface area contributed by atoms with Gasteiger partial charge in [0.25, 0.3) is 0 Å². The summed E-state index contributed by atoms with van der Waals surface area (Å²) in [5.74, 6) is 2.94. The minimum atomic E-state index is -0.243. The molecule has 8 atom stereocenters. The predicted molar refractivity (Wildman–Crippen MR) is 87.8 cm³/mol. The van der Waals surface area contributed by atoms with Crippen LogP contribution in [-0.4, -0.2) is 22.4 Å². The second kappa shape index (κ2) is 4.96. The first-order valence-corrected chi connectivity index (χ1v) is 9.66. The van der Waals surface area contributed by atoms with Crippen LogP contribution in [0.25, 0.3) is 0 Å². The number of carbonyl (C=O) groups excluding carboxylic acids is 1. The van der Waals surface area contributed by atoms with E-state index in [-0.39, 0.29) is 16.9 Å². The van der Waals surface area contributed by atoms with Crippen molar-refractivity contribution in [3.05, 3.63) is 0 Å². The molecular weight excluding hydrogens is 296 g/mol. The van der Waals surface area contributed by atoms with Crippen molar-refractivity contribution in [1.82, 2.24) is 0 Å². The van der Waals surface area contributed by atoms with Crippen LogP contribution in [0.2, 0.25) is 0 Å². The number of fused-ring (bicyclic) bond motifs is 5. The number of alkyl halides is 1. The number of hydrogen-bond donors (Lipinski definition) is 1. The second-order valence-electron chi connectivity index (χ2n) is 9.11. The first-order valence-electron chi connectivity index (χ1n) is 9.23. The van der Waals surface area contributed by atoms with Gasteiger partial charge in [0.2, 0.25) is 0 Å². The molecule has 0 radical (unpaired) electrons. The van der Waals surface area contributed by atoms with Crippen LogP contribution < -0.4 is 0 Å². The van der Waals surface area contributed by atoms with Crippen molar-refractivity contribution in [2.45, 2.75) is 76.7 Å². The number of rotatable bonds is 0. The SMILES string of the molecule is C[C@]12CCC(O)CC1CC[C@@H]1[C@@H]2CC[C@]2(C)C(=O)[C@@H](Cl)C[C@@H]12. The normalized spacial score (nSPS) is 57.9. The van der Waals surface area contributed by atoms with E-state index in [0.717, 1.165) is 31.6 Å². The highest BCUT2D eigenvalue weighted by atomic mass is 35.5. The van der Waals surface area contributed by atoms with Crippen molar-refractivity contribution < 1.29 is 9.90 Å². The number of hydrogen-bond acceptors (Lipinski definition) is 2. The summed E-state index contributed by atoms with van der Waals surface area (Å²) in [7, 11) is 0. The molecule has 2 unspecified atom stereocenters. The molecule has 0 aliphatic heterocycles. The van der Waals surface area contributed by atoms with Crippen LogP contribution in [0.3, 0.4) is 0 Å². The molecule has 0 aromatic rings. The number of aliphatic hydroxyl groups is 1. The predicted octanol–water partition coefficient (Wildman–Crippen LogP) is 4.18. The van der Waals surface area contributed by atoms with Crippen LogP contribution >= 0.6 is 11.6 Å². The van der Waals surface area contributed by atoms with E-state index in [1.165, 1.54) is 25.7 Å². The van der Waals surface area contributed by atoms with Gasteiger partial charge in [-0.25, -0.2) is 0 Å². The molecule has 0 aromatic carbocycles. The van der Waals surface area contributed by atoms with Gasteiger partial charge in [0.1, 0.15) is 0 Å². The van der Waals surface area contributed by atoms with Crippen LogP contribution in [0.1, 0.15) is 65.2 Å². The molecule has 0 amide bonds. The zero-order valence-electron chi connectivity index (χ0n) is 13.9. The molecule has 22 heavy (non-hydrogen) atoms. The number of aliphatic hydroxyl groups excluding tert-OH is 1. The number of halogens is 1. The van der Waals surface area contributed by atoms with Crippen molar-refractivity contribution >= 4 is 17.4 Å². The third-order valence-corrected chi connectivity index (χ3v) is 8.71. The Balaban J connectivity index is 1.64. The molecule has 0 saturated heterocycles. The Kier molecular flexibility index (Phi) is 3.48. The van der Waals surface area contributed by atoms with Crippen LogP contribution in [0, 0.1) is 34.5 Å². The molecular formula is C19H29ClO2. The monoisotopic (exact) mass is 324 g/mol. The third kappa shape index (κ3) is 1.92. The van der Waals surface area contributed by atoms with E-state index in [1.54, 1.807) is 0 Å². The fraction of sp³-hybridized carbons (Fsp3) is 0.947. The Labute approximate surface area is 139 Å². The quantitative estimate of drug-likeness (QED) is 0.679. The van der Waals surface area contributed by atoms with Gasteiger partial charge in [0.15, 0.2) is 5.78 Å². The molecule has 0 spiro atoms. The standard InChI is InChI=1S/C19H29ClO2/c1-18-7-5-12(21)9-11(18)3-4-13-14(18)6-8-19(2)15(13)10-16(20)17(19)22/h11-16,21H,3-10H2,1-2H3/t11?,12?,13-,14+,15+,16+,18+,19+/m1/s1. The molecule has 4 saturated carbocycles. The first kappa shape index (κ1) is 15.4. The van der Waals surface area contributed by atoms with Gasteiger partial charge in [-0.15, -0.1) is 11.6 Å². The lowest BCUT2D eigenvalue weighted by Crippen LogP contribution is -2.54. The Morgan fingerprint density at radius 3 is 2.59 bits per heavy atom.